The fourth-order valence-electron chi connectivity index (χ4n) is 2.31. The molecule has 96 valence electrons. The average molecular weight is 251 g/mol. The molecule has 0 spiro atoms. The zero-order valence-electron chi connectivity index (χ0n) is 11.2. The lowest BCUT2D eigenvalue weighted by atomic mass is 10.1. The monoisotopic (exact) mass is 251 g/mol. The van der Waals surface area contributed by atoms with E-state index in [0.717, 1.165) is 23.5 Å². The zero-order chi connectivity index (χ0) is 13.2. The Morgan fingerprint density at radius 2 is 1.95 bits per heavy atom. The van der Waals surface area contributed by atoms with Gasteiger partial charge in [-0.2, -0.15) is 0 Å². The van der Waals surface area contributed by atoms with Crippen molar-refractivity contribution in [2.75, 3.05) is 5.32 Å². The molecule has 1 heterocycles. The number of imidazole rings is 1. The molecule has 0 radical (unpaired) electrons. The molecular formula is C16H17N3. The third-order valence-corrected chi connectivity index (χ3v) is 3.32. The van der Waals surface area contributed by atoms with Crippen molar-refractivity contribution in [3.8, 4) is 0 Å². The maximum atomic E-state index is 4.60. The number of rotatable bonds is 3. The molecule has 2 aromatic carbocycles. The molecule has 0 aliphatic rings. The van der Waals surface area contributed by atoms with Crippen molar-refractivity contribution in [2.45, 2.75) is 13.5 Å². The van der Waals surface area contributed by atoms with E-state index < -0.39 is 0 Å². The molecule has 0 saturated heterocycles. The Bertz CT molecular complexity index is 713. The topological polar surface area (TPSA) is 29.9 Å². The molecule has 0 atom stereocenters. The second-order valence-electron chi connectivity index (χ2n) is 4.83. The predicted octanol–water partition coefficient (Wildman–Crippen LogP) is 3.49. The Balaban J connectivity index is 1.84. The van der Waals surface area contributed by atoms with Crippen molar-refractivity contribution >= 4 is 17.0 Å². The summed E-state index contributed by atoms with van der Waals surface area (Å²) >= 11 is 0. The van der Waals surface area contributed by atoms with Crippen LogP contribution in [0.5, 0.6) is 0 Å². The first kappa shape index (κ1) is 11.8. The summed E-state index contributed by atoms with van der Waals surface area (Å²) in [7, 11) is 2.04. The fourth-order valence-corrected chi connectivity index (χ4v) is 2.31. The summed E-state index contributed by atoms with van der Waals surface area (Å²) in [5.74, 6) is 0.905. The number of fused-ring (bicyclic) bond motifs is 1. The summed E-state index contributed by atoms with van der Waals surface area (Å²) in [6.45, 7) is 2.90. The smallest absolute Gasteiger partial charge is 0.203 e. The van der Waals surface area contributed by atoms with Crippen LogP contribution < -0.4 is 5.32 Å². The number of nitrogens with zero attached hydrogens (tertiary/aromatic N) is 2. The Hall–Kier alpha value is -2.29. The molecule has 0 fully saturated rings. The number of hydrogen-bond acceptors (Lipinski definition) is 2. The van der Waals surface area contributed by atoms with Crippen molar-refractivity contribution in [3.05, 3.63) is 59.7 Å². The van der Waals surface area contributed by atoms with Crippen LogP contribution in [0.3, 0.4) is 0 Å². The molecule has 3 aromatic rings. The molecule has 0 amide bonds. The normalized spacial score (nSPS) is 10.8. The Morgan fingerprint density at radius 1 is 1.11 bits per heavy atom. The molecule has 0 unspecified atom stereocenters. The first-order valence-corrected chi connectivity index (χ1v) is 6.45. The van der Waals surface area contributed by atoms with Gasteiger partial charge in [-0.3, -0.25) is 0 Å². The van der Waals surface area contributed by atoms with Gasteiger partial charge in [-0.25, -0.2) is 4.98 Å². The van der Waals surface area contributed by atoms with Crippen molar-refractivity contribution < 1.29 is 0 Å². The Labute approximate surface area is 112 Å². The van der Waals surface area contributed by atoms with Crippen LogP contribution in [-0.2, 0) is 13.6 Å². The molecule has 19 heavy (non-hydrogen) atoms. The van der Waals surface area contributed by atoms with Gasteiger partial charge in [-0.05, 0) is 24.6 Å². The minimum Gasteiger partial charge on any atom is -0.352 e. The van der Waals surface area contributed by atoms with E-state index in [1.165, 1.54) is 11.1 Å². The van der Waals surface area contributed by atoms with E-state index in [0.29, 0.717) is 0 Å². The zero-order valence-corrected chi connectivity index (χ0v) is 11.2. The average Bonchev–Trinajstić information content (AvgIpc) is 2.74. The maximum absolute atomic E-state index is 4.60. The number of nitrogens with one attached hydrogen (secondary N) is 1. The second-order valence-corrected chi connectivity index (χ2v) is 4.83. The van der Waals surface area contributed by atoms with Crippen LogP contribution in [0.25, 0.3) is 11.0 Å². The minimum absolute atomic E-state index is 0.791. The van der Waals surface area contributed by atoms with E-state index in [1.54, 1.807) is 0 Å². The fraction of sp³-hybridized carbons (Fsp3) is 0.188. The Kier molecular flexibility index (Phi) is 2.95. The molecule has 1 N–H and O–H groups in total. The van der Waals surface area contributed by atoms with Crippen LogP contribution in [0, 0.1) is 6.92 Å². The number of benzene rings is 2. The lowest BCUT2D eigenvalue weighted by Gasteiger charge is -2.07. The van der Waals surface area contributed by atoms with Gasteiger partial charge in [-0.1, -0.05) is 42.0 Å². The van der Waals surface area contributed by atoms with E-state index in [1.807, 2.05) is 25.2 Å². The lowest BCUT2D eigenvalue weighted by Crippen LogP contribution is -2.04. The van der Waals surface area contributed by atoms with Crippen LogP contribution >= 0.6 is 0 Å². The Morgan fingerprint density at radius 3 is 2.74 bits per heavy atom. The van der Waals surface area contributed by atoms with Gasteiger partial charge in [0.05, 0.1) is 11.0 Å². The van der Waals surface area contributed by atoms with E-state index in [2.05, 4.69) is 52.1 Å². The number of para-hydroxylation sites is 2. The summed E-state index contributed by atoms with van der Waals surface area (Å²) in [5, 5.41) is 3.40. The van der Waals surface area contributed by atoms with Crippen LogP contribution in [-0.4, -0.2) is 9.55 Å². The van der Waals surface area contributed by atoms with E-state index in [4.69, 9.17) is 0 Å². The van der Waals surface area contributed by atoms with Gasteiger partial charge in [0.15, 0.2) is 0 Å². The highest BCUT2D eigenvalue weighted by atomic mass is 15.2. The van der Waals surface area contributed by atoms with Gasteiger partial charge in [0.1, 0.15) is 0 Å². The molecule has 0 bridgehead atoms. The van der Waals surface area contributed by atoms with Crippen LogP contribution in [0.1, 0.15) is 11.1 Å². The largest absolute Gasteiger partial charge is 0.352 e. The predicted molar refractivity (Wildman–Crippen MR) is 79.2 cm³/mol. The highest BCUT2D eigenvalue weighted by Crippen LogP contribution is 2.18. The van der Waals surface area contributed by atoms with Crippen molar-refractivity contribution in [2.24, 2.45) is 7.05 Å². The van der Waals surface area contributed by atoms with E-state index >= 15 is 0 Å². The van der Waals surface area contributed by atoms with Crippen molar-refractivity contribution in [3.63, 3.8) is 0 Å². The summed E-state index contributed by atoms with van der Waals surface area (Å²) in [6.07, 6.45) is 0. The number of hydrogen-bond donors (Lipinski definition) is 1. The third-order valence-electron chi connectivity index (χ3n) is 3.32. The van der Waals surface area contributed by atoms with Gasteiger partial charge in [0.2, 0.25) is 5.95 Å². The second kappa shape index (κ2) is 4.76. The molecular weight excluding hydrogens is 234 g/mol. The van der Waals surface area contributed by atoms with Gasteiger partial charge in [-0.15, -0.1) is 0 Å². The first-order chi connectivity index (χ1) is 9.24. The molecule has 3 rings (SSSR count). The molecule has 0 aliphatic carbocycles. The van der Waals surface area contributed by atoms with Crippen LogP contribution in [0.4, 0.5) is 5.95 Å². The summed E-state index contributed by atoms with van der Waals surface area (Å²) in [6, 6.07) is 16.7. The standard InChI is InChI=1S/C16H17N3/c1-12-6-5-7-13(10-12)11-17-16-18-14-8-3-4-9-15(14)19(16)2/h3-10H,11H2,1-2H3,(H,17,18). The SMILES string of the molecule is Cc1cccc(CNc2nc3ccccc3n2C)c1. The molecule has 0 saturated carbocycles. The van der Waals surface area contributed by atoms with Crippen molar-refractivity contribution in [1.29, 1.82) is 0 Å². The molecule has 3 nitrogen and oxygen atoms in total. The molecule has 3 heteroatoms. The molecule has 0 aliphatic heterocycles. The highest BCUT2D eigenvalue weighted by Gasteiger charge is 2.06. The quantitative estimate of drug-likeness (QED) is 0.772. The van der Waals surface area contributed by atoms with Gasteiger partial charge in [0.25, 0.3) is 0 Å². The maximum Gasteiger partial charge on any atom is 0.203 e. The first-order valence-electron chi connectivity index (χ1n) is 6.45. The minimum atomic E-state index is 0.791. The van der Waals surface area contributed by atoms with Gasteiger partial charge in [0, 0.05) is 13.6 Å². The third kappa shape index (κ3) is 2.32. The summed E-state index contributed by atoms with van der Waals surface area (Å²) < 4.78 is 2.09. The summed E-state index contributed by atoms with van der Waals surface area (Å²) in [4.78, 5) is 4.60. The van der Waals surface area contributed by atoms with Crippen LogP contribution in [0.2, 0.25) is 0 Å². The van der Waals surface area contributed by atoms with Crippen molar-refractivity contribution in [1.82, 2.24) is 9.55 Å². The lowest BCUT2D eigenvalue weighted by molar-refractivity contribution is 0.927. The van der Waals surface area contributed by atoms with Gasteiger partial charge < -0.3 is 9.88 Å². The van der Waals surface area contributed by atoms with Crippen LogP contribution in [0.15, 0.2) is 48.5 Å². The van der Waals surface area contributed by atoms with E-state index in [9.17, 15) is 0 Å². The molecule has 1 aromatic heterocycles. The number of aryl methyl sites for hydroxylation is 2. The highest BCUT2D eigenvalue weighted by molar-refractivity contribution is 5.78. The van der Waals surface area contributed by atoms with Gasteiger partial charge >= 0.3 is 0 Å². The summed E-state index contributed by atoms with van der Waals surface area (Å²) in [5.41, 5.74) is 4.72. The number of aromatic nitrogens is 2. The van der Waals surface area contributed by atoms with E-state index in [-0.39, 0.29) is 0 Å². The number of anilines is 1.